The first-order chi connectivity index (χ1) is 9.34. The number of benzene rings is 1. The summed E-state index contributed by atoms with van der Waals surface area (Å²) in [5.74, 6) is -1.33. The van der Waals surface area contributed by atoms with Crippen molar-refractivity contribution in [3.63, 3.8) is 0 Å². The molecular formula is C11H11Cl2NO5S. The van der Waals surface area contributed by atoms with Gasteiger partial charge >= 0.3 is 5.97 Å². The number of rotatable bonds is 3. The lowest BCUT2D eigenvalue weighted by atomic mass is 10.2. The number of hydroxylamine groups is 1. The molecule has 1 N–H and O–H groups in total. The Morgan fingerprint density at radius 2 is 1.95 bits per heavy atom. The number of hydrogen-bond donors (Lipinski definition) is 1. The van der Waals surface area contributed by atoms with Crippen molar-refractivity contribution in [1.29, 1.82) is 0 Å². The number of nitrogens with zero attached hydrogens (tertiary/aromatic N) is 1. The molecule has 0 bridgehead atoms. The fourth-order valence-corrected chi connectivity index (χ4v) is 3.89. The van der Waals surface area contributed by atoms with E-state index in [0.29, 0.717) is 6.42 Å². The molecule has 0 amide bonds. The van der Waals surface area contributed by atoms with Crippen molar-refractivity contribution < 1.29 is 23.2 Å². The van der Waals surface area contributed by atoms with E-state index in [9.17, 15) is 13.2 Å². The first-order valence-electron chi connectivity index (χ1n) is 5.72. The lowest BCUT2D eigenvalue weighted by Gasteiger charge is -2.25. The maximum absolute atomic E-state index is 12.4. The third-order valence-corrected chi connectivity index (χ3v) is 5.22. The molecule has 0 unspecified atom stereocenters. The maximum Gasteiger partial charge on any atom is 0.337 e. The molecule has 0 spiro atoms. The summed E-state index contributed by atoms with van der Waals surface area (Å²) >= 11 is 11.6. The Morgan fingerprint density at radius 1 is 1.25 bits per heavy atom. The van der Waals surface area contributed by atoms with Gasteiger partial charge in [-0.2, -0.15) is 0 Å². The topological polar surface area (TPSA) is 83.9 Å². The zero-order valence-electron chi connectivity index (χ0n) is 10.2. The van der Waals surface area contributed by atoms with Gasteiger partial charge in [-0.25, -0.2) is 13.2 Å². The molecule has 1 aromatic rings. The second-order valence-corrected chi connectivity index (χ2v) is 6.75. The summed E-state index contributed by atoms with van der Waals surface area (Å²) in [5.41, 5.74) is -0.327. The molecule has 9 heteroatoms. The van der Waals surface area contributed by atoms with E-state index in [2.05, 4.69) is 0 Å². The van der Waals surface area contributed by atoms with Gasteiger partial charge in [-0.3, -0.25) is 4.84 Å². The van der Waals surface area contributed by atoms with Crippen LogP contribution in [0.5, 0.6) is 0 Å². The summed E-state index contributed by atoms with van der Waals surface area (Å²) in [6.07, 6.45) is 1.43. The summed E-state index contributed by atoms with van der Waals surface area (Å²) < 4.78 is 25.6. The van der Waals surface area contributed by atoms with Gasteiger partial charge in [0.2, 0.25) is 0 Å². The van der Waals surface area contributed by atoms with Crippen LogP contribution >= 0.6 is 23.2 Å². The third-order valence-electron chi connectivity index (χ3n) is 2.77. The van der Waals surface area contributed by atoms with Crippen molar-refractivity contribution in [2.45, 2.75) is 17.7 Å². The number of carboxylic acids is 1. The van der Waals surface area contributed by atoms with Crippen LogP contribution in [0.15, 0.2) is 17.0 Å². The number of hydrogen-bond acceptors (Lipinski definition) is 4. The highest BCUT2D eigenvalue weighted by molar-refractivity contribution is 7.89. The van der Waals surface area contributed by atoms with Crippen molar-refractivity contribution in [2.24, 2.45) is 0 Å². The molecule has 1 fully saturated rings. The van der Waals surface area contributed by atoms with Crippen molar-refractivity contribution >= 4 is 39.2 Å². The minimum Gasteiger partial charge on any atom is -0.478 e. The van der Waals surface area contributed by atoms with E-state index in [-0.39, 0.29) is 33.7 Å². The summed E-state index contributed by atoms with van der Waals surface area (Å²) in [5, 5.41) is 8.72. The first-order valence-corrected chi connectivity index (χ1v) is 7.91. The Bertz CT molecular complexity index is 640. The van der Waals surface area contributed by atoms with E-state index in [1.54, 1.807) is 0 Å². The molecule has 1 saturated heterocycles. The zero-order valence-corrected chi connectivity index (χ0v) is 12.5. The van der Waals surface area contributed by atoms with Crippen LogP contribution in [-0.4, -0.2) is 37.1 Å². The second-order valence-electron chi connectivity index (χ2n) is 4.14. The molecule has 1 aliphatic heterocycles. The Hall–Kier alpha value is -0.860. The van der Waals surface area contributed by atoms with Gasteiger partial charge in [0, 0.05) is 6.54 Å². The van der Waals surface area contributed by atoms with Crippen molar-refractivity contribution in [1.82, 2.24) is 4.47 Å². The Balaban J connectivity index is 2.50. The molecule has 1 aliphatic rings. The second kappa shape index (κ2) is 5.87. The molecule has 0 aromatic heterocycles. The molecule has 0 radical (unpaired) electrons. The monoisotopic (exact) mass is 339 g/mol. The zero-order chi connectivity index (χ0) is 14.9. The molecule has 2 rings (SSSR count). The van der Waals surface area contributed by atoms with Crippen LogP contribution < -0.4 is 0 Å². The molecule has 0 saturated carbocycles. The SMILES string of the molecule is O=C(O)c1cc(S(=O)(=O)N2CCCCO2)c(Cl)cc1Cl. The number of carboxylic acid groups (broad SMARTS) is 1. The third kappa shape index (κ3) is 2.91. The number of carbonyl (C=O) groups is 1. The largest absolute Gasteiger partial charge is 0.478 e. The maximum atomic E-state index is 12.4. The highest BCUT2D eigenvalue weighted by atomic mass is 35.5. The number of aromatic carboxylic acids is 1. The minimum atomic E-state index is -4.01. The highest BCUT2D eigenvalue weighted by Gasteiger charge is 2.31. The first kappa shape index (κ1) is 15.5. The van der Waals surface area contributed by atoms with Crippen molar-refractivity contribution in [3.05, 3.63) is 27.7 Å². The van der Waals surface area contributed by atoms with E-state index >= 15 is 0 Å². The van der Waals surface area contributed by atoms with Crippen LogP contribution in [0.2, 0.25) is 10.0 Å². The Labute approximate surface area is 125 Å². The molecule has 1 heterocycles. The summed E-state index contributed by atoms with van der Waals surface area (Å²) in [4.78, 5) is 15.8. The Morgan fingerprint density at radius 3 is 2.50 bits per heavy atom. The van der Waals surface area contributed by atoms with Gasteiger partial charge in [0.1, 0.15) is 4.90 Å². The van der Waals surface area contributed by atoms with Gasteiger partial charge in [-0.05, 0) is 25.0 Å². The van der Waals surface area contributed by atoms with Gasteiger partial charge in [0.05, 0.1) is 22.2 Å². The average molecular weight is 340 g/mol. The smallest absolute Gasteiger partial charge is 0.337 e. The molecular weight excluding hydrogens is 329 g/mol. The van der Waals surface area contributed by atoms with Crippen LogP contribution in [0.3, 0.4) is 0 Å². The molecule has 0 atom stereocenters. The quantitative estimate of drug-likeness (QED) is 0.913. The molecule has 0 aliphatic carbocycles. The van der Waals surface area contributed by atoms with E-state index in [4.69, 9.17) is 33.1 Å². The van der Waals surface area contributed by atoms with Gasteiger partial charge in [-0.15, -0.1) is 0 Å². The lowest BCUT2D eigenvalue weighted by Crippen LogP contribution is -2.36. The summed E-state index contributed by atoms with van der Waals surface area (Å²) in [7, 11) is -4.01. The van der Waals surface area contributed by atoms with Crippen LogP contribution in [0.25, 0.3) is 0 Å². The number of sulfonamides is 1. The Kier molecular flexibility index (Phi) is 4.55. The van der Waals surface area contributed by atoms with Gasteiger partial charge < -0.3 is 5.11 Å². The molecule has 6 nitrogen and oxygen atoms in total. The predicted octanol–water partition coefficient (Wildman–Crippen LogP) is 2.41. The average Bonchev–Trinajstić information content (AvgIpc) is 2.39. The molecule has 110 valence electrons. The lowest BCUT2D eigenvalue weighted by molar-refractivity contribution is -0.108. The molecule has 1 aromatic carbocycles. The minimum absolute atomic E-state index is 0.124. The van der Waals surface area contributed by atoms with E-state index in [1.807, 2.05) is 0 Å². The van der Waals surface area contributed by atoms with Gasteiger partial charge in [0.25, 0.3) is 10.0 Å². The van der Waals surface area contributed by atoms with Gasteiger partial charge in [-0.1, -0.05) is 27.7 Å². The van der Waals surface area contributed by atoms with Crippen LogP contribution in [-0.2, 0) is 14.9 Å². The van der Waals surface area contributed by atoms with Crippen molar-refractivity contribution in [3.8, 4) is 0 Å². The van der Waals surface area contributed by atoms with E-state index < -0.39 is 16.0 Å². The number of halogens is 2. The summed E-state index contributed by atoms with van der Waals surface area (Å²) in [6, 6.07) is 2.05. The van der Waals surface area contributed by atoms with E-state index in [0.717, 1.165) is 23.0 Å². The normalized spacial score (nSPS) is 17.1. The van der Waals surface area contributed by atoms with Crippen molar-refractivity contribution in [2.75, 3.05) is 13.2 Å². The fraction of sp³-hybridized carbons (Fsp3) is 0.364. The van der Waals surface area contributed by atoms with Crippen LogP contribution in [0, 0.1) is 0 Å². The summed E-state index contributed by atoms with van der Waals surface area (Å²) in [6.45, 7) is 0.486. The van der Waals surface area contributed by atoms with Crippen LogP contribution in [0.4, 0.5) is 0 Å². The predicted molar refractivity (Wildman–Crippen MR) is 72.5 cm³/mol. The molecule has 20 heavy (non-hydrogen) atoms. The van der Waals surface area contributed by atoms with E-state index in [1.165, 1.54) is 0 Å². The standard InChI is InChI=1S/C11H11Cl2NO5S/c12-8-6-9(13)10(5-7(8)11(15)16)20(17,18)14-3-1-2-4-19-14/h5-6H,1-4H2,(H,15,16). The van der Waals surface area contributed by atoms with Gasteiger partial charge in [0.15, 0.2) is 0 Å². The van der Waals surface area contributed by atoms with Crippen LogP contribution in [0.1, 0.15) is 23.2 Å². The highest BCUT2D eigenvalue weighted by Crippen LogP contribution is 2.31. The fourth-order valence-electron chi connectivity index (χ4n) is 1.76.